The van der Waals surface area contributed by atoms with Crippen molar-refractivity contribution < 1.29 is 28.3 Å². The summed E-state index contributed by atoms with van der Waals surface area (Å²) in [7, 11) is 0. The molecule has 5 aromatic rings. The molecule has 6 rings (SSSR count). The van der Waals surface area contributed by atoms with E-state index in [-0.39, 0.29) is 28.5 Å². The topological polar surface area (TPSA) is 130 Å². The molecule has 3 heterocycles. The standard InChI is InChI=1S/C31H21ClF2N6O4/c32-24-5-2-6-26(27(24)34)40-16-25(37-38-40)30(42)39-12-11-22-21(18-13-19(33)15-35-14-18)3-1-4-23(22)28(39)29(41)36-20-9-7-17(8-10-20)31(43)44/h1-10,13-16,28H,11-12H2,(H,36,41)(H,43,44). The molecule has 2 aromatic heterocycles. The summed E-state index contributed by atoms with van der Waals surface area (Å²) in [5.74, 6) is -3.60. The number of hydrogen-bond acceptors (Lipinski definition) is 6. The Balaban J connectivity index is 1.39. The second-order valence-electron chi connectivity index (χ2n) is 9.91. The molecule has 0 aliphatic carbocycles. The molecule has 1 aliphatic heterocycles. The molecular weight excluding hydrogens is 594 g/mol. The summed E-state index contributed by atoms with van der Waals surface area (Å²) in [5.41, 5.74) is 2.60. The van der Waals surface area contributed by atoms with E-state index < -0.39 is 35.5 Å². The monoisotopic (exact) mass is 614 g/mol. The highest BCUT2D eigenvalue weighted by Gasteiger charge is 2.38. The number of rotatable bonds is 6. The van der Waals surface area contributed by atoms with Crippen molar-refractivity contribution in [3.8, 4) is 16.8 Å². The summed E-state index contributed by atoms with van der Waals surface area (Å²) >= 11 is 5.90. The van der Waals surface area contributed by atoms with Gasteiger partial charge in [0, 0.05) is 24.0 Å². The van der Waals surface area contributed by atoms with Crippen LogP contribution in [0.5, 0.6) is 0 Å². The van der Waals surface area contributed by atoms with E-state index >= 15 is 0 Å². The molecule has 3 aromatic carbocycles. The van der Waals surface area contributed by atoms with Gasteiger partial charge in [-0.15, -0.1) is 5.10 Å². The zero-order valence-corrected chi connectivity index (χ0v) is 23.4. The van der Waals surface area contributed by atoms with Crippen molar-refractivity contribution in [2.75, 3.05) is 11.9 Å². The summed E-state index contributed by atoms with van der Waals surface area (Å²) < 4.78 is 29.8. The largest absolute Gasteiger partial charge is 0.478 e. The smallest absolute Gasteiger partial charge is 0.335 e. The van der Waals surface area contributed by atoms with Gasteiger partial charge in [0.15, 0.2) is 11.5 Å². The minimum absolute atomic E-state index is 0.0134. The third kappa shape index (κ3) is 5.38. The van der Waals surface area contributed by atoms with Crippen molar-refractivity contribution in [3.05, 3.63) is 124 Å². The van der Waals surface area contributed by atoms with Crippen LogP contribution >= 0.6 is 11.6 Å². The summed E-state index contributed by atoms with van der Waals surface area (Å²) in [5, 5.41) is 19.7. The molecule has 1 unspecified atom stereocenters. The zero-order valence-electron chi connectivity index (χ0n) is 22.6. The number of aromatic carboxylic acids is 1. The number of amides is 2. The number of benzene rings is 3. The number of carbonyl (C=O) groups is 3. The van der Waals surface area contributed by atoms with Crippen LogP contribution in [0.15, 0.2) is 85.3 Å². The number of nitrogens with one attached hydrogen (secondary N) is 1. The van der Waals surface area contributed by atoms with Crippen LogP contribution in [0, 0.1) is 11.6 Å². The van der Waals surface area contributed by atoms with Crippen LogP contribution in [0.1, 0.15) is 38.0 Å². The molecule has 220 valence electrons. The first kappa shape index (κ1) is 28.6. The fourth-order valence-corrected chi connectivity index (χ4v) is 5.37. The molecule has 1 aliphatic rings. The van der Waals surface area contributed by atoms with E-state index in [1.165, 1.54) is 65.8 Å². The summed E-state index contributed by atoms with van der Waals surface area (Å²) in [6.45, 7) is 0.0833. The number of carboxylic acid groups (broad SMARTS) is 1. The molecule has 10 nitrogen and oxygen atoms in total. The predicted molar refractivity (Wildman–Crippen MR) is 155 cm³/mol. The maximum atomic E-state index is 14.6. The van der Waals surface area contributed by atoms with Crippen molar-refractivity contribution >= 4 is 35.1 Å². The maximum absolute atomic E-state index is 14.6. The number of hydrogen-bond donors (Lipinski definition) is 2. The van der Waals surface area contributed by atoms with Crippen LogP contribution in [0.3, 0.4) is 0 Å². The first-order chi connectivity index (χ1) is 21.2. The van der Waals surface area contributed by atoms with E-state index in [9.17, 15) is 28.3 Å². The first-order valence-electron chi connectivity index (χ1n) is 13.3. The summed E-state index contributed by atoms with van der Waals surface area (Å²) in [6.07, 6.45) is 4.18. The molecule has 0 saturated heterocycles. The van der Waals surface area contributed by atoms with E-state index in [2.05, 4.69) is 20.6 Å². The molecule has 0 fully saturated rings. The van der Waals surface area contributed by atoms with Crippen molar-refractivity contribution in [1.29, 1.82) is 0 Å². The number of nitrogens with zero attached hydrogens (tertiary/aromatic N) is 5. The lowest BCUT2D eigenvalue weighted by molar-refractivity contribution is -0.121. The van der Waals surface area contributed by atoms with E-state index in [1.807, 2.05) is 0 Å². The Morgan fingerprint density at radius 2 is 1.77 bits per heavy atom. The number of carbonyl (C=O) groups excluding carboxylic acids is 2. The van der Waals surface area contributed by atoms with Crippen LogP contribution in [0.25, 0.3) is 16.8 Å². The maximum Gasteiger partial charge on any atom is 0.335 e. The SMILES string of the molecule is O=C(O)c1ccc(NC(=O)C2c3cccc(-c4cncc(F)c4)c3CCN2C(=O)c2cn(-c3cccc(Cl)c3F)nn2)cc1. The van der Waals surface area contributed by atoms with Gasteiger partial charge in [0.25, 0.3) is 11.8 Å². The highest BCUT2D eigenvalue weighted by molar-refractivity contribution is 6.30. The fraction of sp³-hybridized carbons (Fsp3) is 0.0968. The third-order valence-corrected chi connectivity index (χ3v) is 7.53. The van der Waals surface area contributed by atoms with Gasteiger partial charge in [-0.3, -0.25) is 14.6 Å². The van der Waals surface area contributed by atoms with Crippen LogP contribution in [-0.2, 0) is 11.2 Å². The van der Waals surface area contributed by atoms with Gasteiger partial charge in [-0.1, -0.05) is 41.1 Å². The van der Waals surface area contributed by atoms with Gasteiger partial charge in [-0.25, -0.2) is 18.3 Å². The minimum Gasteiger partial charge on any atom is -0.478 e. The summed E-state index contributed by atoms with van der Waals surface area (Å²) in [6, 6.07) is 15.3. The average Bonchev–Trinajstić information content (AvgIpc) is 3.51. The van der Waals surface area contributed by atoms with Gasteiger partial charge < -0.3 is 15.3 Å². The van der Waals surface area contributed by atoms with Gasteiger partial charge >= 0.3 is 5.97 Å². The lowest BCUT2D eigenvalue weighted by Crippen LogP contribution is -2.45. The van der Waals surface area contributed by atoms with Crippen molar-refractivity contribution in [2.45, 2.75) is 12.5 Å². The third-order valence-electron chi connectivity index (χ3n) is 7.24. The normalized spacial score (nSPS) is 14.2. The Morgan fingerprint density at radius 3 is 2.52 bits per heavy atom. The minimum atomic E-state index is -1.17. The number of aromatic nitrogens is 4. The number of fused-ring (bicyclic) bond motifs is 1. The Morgan fingerprint density at radius 1 is 1.00 bits per heavy atom. The Kier molecular flexibility index (Phi) is 7.58. The Hall–Kier alpha value is -5.49. The molecule has 0 spiro atoms. The molecule has 0 saturated carbocycles. The highest BCUT2D eigenvalue weighted by Crippen LogP contribution is 2.37. The first-order valence-corrected chi connectivity index (χ1v) is 13.6. The summed E-state index contributed by atoms with van der Waals surface area (Å²) in [4.78, 5) is 44.3. The van der Waals surface area contributed by atoms with E-state index in [4.69, 9.17) is 11.6 Å². The van der Waals surface area contributed by atoms with Crippen molar-refractivity contribution in [1.82, 2.24) is 24.9 Å². The molecule has 0 radical (unpaired) electrons. The Labute approximate surface area is 253 Å². The number of anilines is 1. The van der Waals surface area contributed by atoms with Gasteiger partial charge in [-0.2, -0.15) is 0 Å². The predicted octanol–water partition coefficient (Wildman–Crippen LogP) is 5.34. The Bertz CT molecular complexity index is 1930. The van der Waals surface area contributed by atoms with E-state index in [0.717, 1.165) is 16.4 Å². The number of pyridine rings is 1. The number of carboxylic acids is 1. The molecule has 2 N–H and O–H groups in total. The molecule has 0 bridgehead atoms. The lowest BCUT2D eigenvalue weighted by Gasteiger charge is -2.37. The van der Waals surface area contributed by atoms with E-state index in [1.54, 1.807) is 18.2 Å². The van der Waals surface area contributed by atoms with Crippen LogP contribution in [0.2, 0.25) is 5.02 Å². The van der Waals surface area contributed by atoms with Gasteiger partial charge in [0.05, 0.1) is 23.0 Å². The van der Waals surface area contributed by atoms with Crippen molar-refractivity contribution in [2.24, 2.45) is 0 Å². The molecule has 1 atom stereocenters. The quantitative estimate of drug-likeness (QED) is 0.264. The van der Waals surface area contributed by atoms with Crippen molar-refractivity contribution in [3.63, 3.8) is 0 Å². The average molecular weight is 615 g/mol. The lowest BCUT2D eigenvalue weighted by atomic mass is 9.86. The van der Waals surface area contributed by atoms with Crippen LogP contribution in [-0.4, -0.2) is 54.3 Å². The molecule has 44 heavy (non-hydrogen) atoms. The van der Waals surface area contributed by atoms with E-state index in [0.29, 0.717) is 28.8 Å². The fourth-order valence-electron chi connectivity index (χ4n) is 5.20. The molecule has 13 heteroatoms. The van der Waals surface area contributed by atoms with Gasteiger partial charge in [0.2, 0.25) is 0 Å². The molecular formula is C31H21ClF2N6O4. The van der Waals surface area contributed by atoms with Crippen LogP contribution < -0.4 is 5.32 Å². The number of halogens is 3. The van der Waals surface area contributed by atoms with Gasteiger partial charge in [-0.05, 0) is 65.6 Å². The van der Waals surface area contributed by atoms with Gasteiger partial charge in [0.1, 0.15) is 17.5 Å². The van der Waals surface area contributed by atoms with Crippen LogP contribution in [0.4, 0.5) is 14.5 Å². The zero-order chi connectivity index (χ0) is 31.0. The molecule has 2 amide bonds. The second-order valence-corrected chi connectivity index (χ2v) is 10.3. The second kappa shape index (κ2) is 11.7. The highest BCUT2D eigenvalue weighted by atomic mass is 35.5.